The molecule has 5 nitrogen and oxygen atoms in total. The predicted molar refractivity (Wildman–Crippen MR) is 48.5 cm³/mol. The Labute approximate surface area is 81.0 Å². The van der Waals surface area contributed by atoms with E-state index in [9.17, 15) is 0 Å². The van der Waals surface area contributed by atoms with E-state index in [1.54, 1.807) is 12.4 Å². The van der Waals surface area contributed by atoms with Crippen LogP contribution in [0.1, 0.15) is 17.3 Å². The zero-order valence-electron chi connectivity index (χ0n) is 7.84. The first-order chi connectivity index (χ1) is 6.79. The Morgan fingerprint density at radius 2 is 2.43 bits per heavy atom. The third-order valence-electron chi connectivity index (χ3n) is 1.95. The lowest BCUT2D eigenvalue weighted by Gasteiger charge is -2.01. The fraction of sp³-hybridized carbons (Fsp3) is 0.333. The van der Waals surface area contributed by atoms with Gasteiger partial charge in [0.25, 0.3) is 0 Å². The van der Waals surface area contributed by atoms with Gasteiger partial charge >= 0.3 is 0 Å². The third-order valence-corrected chi connectivity index (χ3v) is 1.95. The van der Waals surface area contributed by atoms with Crippen molar-refractivity contribution in [3.8, 4) is 0 Å². The van der Waals surface area contributed by atoms with Crippen molar-refractivity contribution in [2.24, 2.45) is 0 Å². The average molecular weight is 193 g/mol. The van der Waals surface area contributed by atoms with Gasteiger partial charge in [-0.3, -0.25) is 0 Å². The van der Waals surface area contributed by atoms with Gasteiger partial charge in [0.2, 0.25) is 0 Å². The quantitative estimate of drug-likeness (QED) is 0.780. The van der Waals surface area contributed by atoms with E-state index >= 15 is 0 Å². The van der Waals surface area contributed by atoms with Crippen LogP contribution >= 0.6 is 0 Å². The smallest absolute Gasteiger partial charge is 0.156 e. The summed E-state index contributed by atoms with van der Waals surface area (Å²) in [6, 6.07) is 1.86. The van der Waals surface area contributed by atoms with E-state index in [2.05, 4.69) is 10.1 Å². The molecule has 0 radical (unpaired) electrons. The van der Waals surface area contributed by atoms with Crippen LogP contribution in [0.15, 0.2) is 23.0 Å². The molecule has 2 heterocycles. The highest BCUT2D eigenvalue weighted by atomic mass is 16.5. The number of hydrogen-bond donors (Lipinski definition) is 1. The minimum Gasteiger partial charge on any atom is -0.388 e. The normalized spacial score (nSPS) is 10.7. The van der Waals surface area contributed by atoms with E-state index in [1.165, 1.54) is 0 Å². The van der Waals surface area contributed by atoms with Gasteiger partial charge in [0.15, 0.2) is 5.76 Å². The Bertz CT molecular complexity index is 419. The van der Waals surface area contributed by atoms with Crippen LogP contribution < -0.4 is 0 Å². The van der Waals surface area contributed by atoms with Crippen LogP contribution in [0, 0.1) is 6.92 Å². The summed E-state index contributed by atoms with van der Waals surface area (Å²) in [5.74, 6) is 1.38. The molecule has 0 aliphatic rings. The molecule has 0 fully saturated rings. The Morgan fingerprint density at radius 3 is 3.07 bits per heavy atom. The standard InChI is InChI=1S/C9H11N3O2/c1-7-4-8(14-11-7)5-12-3-2-10-9(12)6-13/h2-4,13H,5-6H2,1H3. The van der Waals surface area contributed by atoms with Gasteiger partial charge in [-0.15, -0.1) is 0 Å². The molecule has 0 spiro atoms. The highest BCUT2D eigenvalue weighted by molar-refractivity contribution is 5.05. The number of rotatable bonds is 3. The van der Waals surface area contributed by atoms with Crippen molar-refractivity contribution in [1.82, 2.24) is 14.7 Å². The number of aliphatic hydroxyl groups excluding tert-OH is 1. The number of nitrogens with zero attached hydrogens (tertiary/aromatic N) is 3. The molecule has 0 aliphatic carbocycles. The first kappa shape index (κ1) is 8.96. The Kier molecular flexibility index (Phi) is 2.32. The molecule has 2 rings (SSSR count). The molecule has 0 aromatic carbocycles. The molecule has 5 heteroatoms. The fourth-order valence-corrected chi connectivity index (χ4v) is 1.29. The molecule has 2 aromatic rings. The second-order valence-electron chi connectivity index (χ2n) is 3.06. The summed E-state index contributed by atoms with van der Waals surface area (Å²) in [5.41, 5.74) is 0.852. The van der Waals surface area contributed by atoms with Crippen molar-refractivity contribution in [1.29, 1.82) is 0 Å². The van der Waals surface area contributed by atoms with Crippen molar-refractivity contribution in [3.63, 3.8) is 0 Å². The molecule has 1 N–H and O–H groups in total. The molecule has 0 unspecified atom stereocenters. The van der Waals surface area contributed by atoms with Gasteiger partial charge in [-0.25, -0.2) is 4.98 Å². The van der Waals surface area contributed by atoms with E-state index in [0.29, 0.717) is 12.4 Å². The molecule has 0 saturated carbocycles. The van der Waals surface area contributed by atoms with E-state index in [4.69, 9.17) is 9.63 Å². The highest BCUT2D eigenvalue weighted by Crippen LogP contribution is 2.06. The summed E-state index contributed by atoms with van der Waals surface area (Å²) in [6.07, 6.45) is 3.44. The van der Waals surface area contributed by atoms with Crippen molar-refractivity contribution in [2.45, 2.75) is 20.1 Å². The Hall–Kier alpha value is -1.62. The molecule has 2 aromatic heterocycles. The first-order valence-electron chi connectivity index (χ1n) is 4.32. The average Bonchev–Trinajstić information content (AvgIpc) is 2.76. The van der Waals surface area contributed by atoms with E-state index in [-0.39, 0.29) is 6.61 Å². The molecular weight excluding hydrogens is 182 g/mol. The lowest BCUT2D eigenvalue weighted by Crippen LogP contribution is -2.03. The maximum absolute atomic E-state index is 8.96. The van der Waals surface area contributed by atoms with Crippen LogP contribution in [0.4, 0.5) is 0 Å². The van der Waals surface area contributed by atoms with E-state index in [0.717, 1.165) is 11.5 Å². The third kappa shape index (κ3) is 1.67. The van der Waals surface area contributed by atoms with Crippen LogP contribution in [0.3, 0.4) is 0 Å². The summed E-state index contributed by atoms with van der Waals surface area (Å²) < 4.78 is 6.88. The molecule has 14 heavy (non-hydrogen) atoms. The van der Waals surface area contributed by atoms with Crippen LogP contribution in [0.2, 0.25) is 0 Å². The molecule has 0 aliphatic heterocycles. The number of aliphatic hydroxyl groups is 1. The minimum absolute atomic E-state index is 0.0693. The second-order valence-corrected chi connectivity index (χ2v) is 3.06. The molecule has 0 saturated heterocycles. The van der Waals surface area contributed by atoms with Gasteiger partial charge in [-0.1, -0.05) is 5.16 Å². The maximum atomic E-state index is 8.96. The Balaban J connectivity index is 2.18. The van der Waals surface area contributed by atoms with Crippen LogP contribution in [0.5, 0.6) is 0 Å². The van der Waals surface area contributed by atoms with Gasteiger partial charge in [0.1, 0.15) is 12.4 Å². The van der Waals surface area contributed by atoms with Crippen molar-refractivity contribution in [2.75, 3.05) is 0 Å². The van der Waals surface area contributed by atoms with Crippen LogP contribution in [-0.4, -0.2) is 19.8 Å². The summed E-state index contributed by atoms with van der Waals surface area (Å²) in [6.45, 7) is 2.35. The molecule has 0 atom stereocenters. The molecular formula is C9H11N3O2. The number of aromatic nitrogens is 3. The van der Waals surface area contributed by atoms with Gasteiger partial charge in [0.05, 0.1) is 12.2 Å². The zero-order valence-corrected chi connectivity index (χ0v) is 7.84. The summed E-state index contributed by atoms with van der Waals surface area (Å²) in [4.78, 5) is 3.99. The Morgan fingerprint density at radius 1 is 1.57 bits per heavy atom. The molecule has 0 amide bonds. The van der Waals surface area contributed by atoms with Crippen molar-refractivity contribution in [3.05, 3.63) is 35.7 Å². The van der Waals surface area contributed by atoms with E-state index < -0.39 is 0 Å². The lowest BCUT2D eigenvalue weighted by molar-refractivity contribution is 0.264. The second kappa shape index (κ2) is 3.63. The zero-order chi connectivity index (χ0) is 9.97. The molecule has 74 valence electrons. The van der Waals surface area contributed by atoms with E-state index in [1.807, 2.05) is 17.6 Å². The SMILES string of the molecule is Cc1cc(Cn2ccnc2CO)on1. The van der Waals surface area contributed by atoms with Gasteiger partial charge in [-0.05, 0) is 6.92 Å². The summed E-state index contributed by atoms with van der Waals surface area (Å²) in [7, 11) is 0. The molecule has 0 bridgehead atoms. The highest BCUT2D eigenvalue weighted by Gasteiger charge is 2.05. The topological polar surface area (TPSA) is 64.1 Å². The van der Waals surface area contributed by atoms with Crippen LogP contribution in [0.25, 0.3) is 0 Å². The van der Waals surface area contributed by atoms with Gasteiger partial charge < -0.3 is 14.2 Å². The van der Waals surface area contributed by atoms with Crippen LogP contribution in [-0.2, 0) is 13.2 Å². The maximum Gasteiger partial charge on any atom is 0.156 e. The summed E-state index contributed by atoms with van der Waals surface area (Å²) >= 11 is 0. The first-order valence-corrected chi connectivity index (χ1v) is 4.32. The fourth-order valence-electron chi connectivity index (χ4n) is 1.29. The van der Waals surface area contributed by atoms with Crippen molar-refractivity contribution >= 4 is 0 Å². The number of aryl methyl sites for hydroxylation is 1. The largest absolute Gasteiger partial charge is 0.388 e. The van der Waals surface area contributed by atoms with Gasteiger partial charge in [0, 0.05) is 18.5 Å². The minimum atomic E-state index is -0.0693. The van der Waals surface area contributed by atoms with Crippen molar-refractivity contribution < 1.29 is 9.63 Å². The van der Waals surface area contributed by atoms with Gasteiger partial charge in [-0.2, -0.15) is 0 Å². The predicted octanol–water partition coefficient (Wildman–Crippen LogP) is 0.720. The lowest BCUT2D eigenvalue weighted by atomic mass is 10.4. The number of hydrogen-bond acceptors (Lipinski definition) is 4. The summed E-state index contributed by atoms with van der Waals surface area (Å²) in [5, 5.41) is 12.7. The number of imidazole rings is 1. The monoisotopic (exact) mass is 193 g/mol.